The molecule has 1 amide bonds. The number of aryl methyl sites for hydroxylation is 2. The third-order valence-electron chi connectivity index (χ3n) is 5.08. The number of nitrogens with zero attached hydrogens (tertiary/aromatic N) is 5. The highest BCUT2D eigenvalue weighted by Crippen LogP contribution is 2.34. The number of fused-ring (bicyclic) bond motifs is 1. The van der Waals surface area contributed by atoms with E-state index in [4.69, 9.17) is 0 Å². The summed E-state index contributed by atoms with van der Waals surface area (Å²) in [5.41, 5.74) is 1.69. The lowest BCUT2D eigenvalue weighted by Gasteiger charge is -2.26. The van der Waals surface area contributed by atoms with E-state index in [9.17, 15) is 4.79 Å². The molecule has 6 nitrogen and oxygen atoms in total. The molecule has 4 rings (SSSR count). The van der Waals surface area contributed by atoms with Gasteiger partial charge in [-0.2, -0.15) is 5.10 Å². The van der Waals surface area contributed by atoms with Gasteiger partial charge in [0.25, 0.3) is 5.91 Å². The summed E-state index contributed by atoms with van der Waals surface area (Å²) >= 11 is 0. The van der Waals surface area contributed by atoms with Gasteiger partial charge in [0.05, 0.1) is 17.8 Å². The van der Waals surface area contributed by atoms with Crippen LogP contribution in [0.4, 0.5) is 5.82 Å². The molecule has 0 N–H and O–H groups in total. The van der Waals surface area contributed by atoms with Crippen LogP contribution in [0, 0.1) is 6.92 Å². The Hall–Kier alpha value is -2.37. The maximum atomic E-state index is 12.8. The van der Waals surface area contributed by atoms with Crippen molar-refractivity contribution in [2.45, 2.75) is 31.8 Å². The van der Waals surface area contributed by atoms with Gasteiger partial charge < -0.3 is 14.4 Å². The summed E-state index contributed by atoms with van der Waals surface area (Å²) < 4.78 is 1.90. The maximum Gasteiger partial charge on any atom is 0.270 e. The van der Waals surface area contributed by atoms with E-state index in [2.05, 4.69) is 15.1 Å². The average Bonchev–Trinajstić information content (AvgIpc) is 3.23. The predicted octanol–water partition coefficient (Wildman–Crippen LogP) is 1.62. The molecule has 2 aliphatic rings. The molecule has 23 heavy (non-hydrogen) atoms. The van der Waals surface area contributed by atoms with Crippen molar-refractivity contribution in [1.82, 2.24) is 19.7 Å². The second-order valence-corrected chi connectivity index (χ2v) is 6.44. The van der Waals surface area contributed by atoms with Crippen LogP contribution < -0.4 is 4.90 Å². The predicted molar refractivity (Wildman–Crippen MR) is 87.4 cm³/mol. The molecule has 2 saturated heterocycles. The highest BCUT2D eigenvalue weighted by atomic mass is 16.2. The third kappa shape index (κ3) is 2.29. The molecule has 0 spiro atoms. The highest BCUT2D eigenvalue weighted by Gasteiger charge is 2.45. The molecule has 0 aromatic carbocycles. The van der Waals surface area contributed by atoms with Crippen LogP contribution in [-0.4, -0.2) is 50.7 Å². The lowest BCUT2D eigenvalue weighted by molar-refractivity contribution is 0.0728. The van der Waals surface area contributed by atoms with Crippen LogP contribution in [0.5, 0.6) is 0 Å². The van der Waals surface area contributed by atoms with E-state index in [0.29, 0.717) is 6.04 Å². The van der Waals surface area contributed by atoms with Gasteiger partial charge in [-0.1, -0.05) is 0 Å². The number of likely N-dealkylation sites (tertiary alicyclic amines) is 1. The lowest BCUT2D eigenvalue weighted by atomic mass is 10.1. The van der Waals surface area contributed by atoms with Gasteiger partial charge in [0.15, 0.2) is 5.82 Å². The van der Waals surface area contributed by atoms with E-state index in [-0.39, 0.29) is 11.9 Å². The second kappa shape index (κ2) is 5.37. The van der Waals surface area contributed by atoms with Crippen LogP contribution in [-0.2, 0) is 7.05 Å². The molecular formula is C17H21N5O. The first-order valence-corrected chi connectivity index (χ1v) is 8.14. The summed E-state index contributed by atoms with van der Waals surface area (Å²) in [6.45, 7) is 3.69. The summed E-state index contributed by atoms with van der Waals surface area (Å²) in [7, 11) is 1.92. The fourth-order valence-electron chi connectivity index (χ4n) is 3.90. The summed E-state index contributed by atoms with van der Waals surface area (Å²) in [5.74, 6) is 1.07. The molecule has 0 aliphatic carbocycles. The van der Waals surface area contributed by atoms with Crippen molar-refractivity contribution in [1.29, 1.82) is 0 Å². The Balaban J connectivity index is 1.55. The Bertz CT molecular complexity index is 723. The van der Waals surface area contributed by atoms with Gasteiger partial charge in [-0.3, -0.25) is 4.79 Å². The van der Waals surface area contributed by atoms with Crippen molar-refractivity contribution in [2.24, 2.45) is 7.05 Å². The first-order chi connectivity index (χ1) is 11.1. The van der Waals surface area contributed by atoms with E-state index in [0.717, 1.165) is 43.1 Å². The van der Waals surface area contributed by atoms with Crippen molar-refractivity contribution >= 4 is 11.7 Å². The highest BCUT2D eigenvalue weighted by molar-refractivity contribution is 5.93. The van der Waals surface area contributed by atoms with Crippen LogP contribution in [0.15, 0.2) is 30.5 Å². The molecule has 6 heteroatoms. The summed E-state index contributed by atoms with van der Waals surface area (Å²) in [4.78, 5) is 17.2. The SMILES string of the molecule is Cc1ccc(N2CC[C@H]3[C@H]2CCN3C(=O)c2cccn2C)nn1. The van der Waals surface area contributed by atoms with Gasteiger partial charge in [0.2, 0.25) is 0 Å². The van der Waals surface area contributed by atoms with E-state index in [1.54, 1.807) is 0 Å². The van der Waals surface area contributed by atoms with E-state index < -0.39 is 0 Å². The van der Waals surface area contributed by atoms with Gasteiger partial charge in [0.1, 0.15) is 5.69 Å². The standard InChI is InChI=1S/C17H21N5O/c1-12-5-6-16(19-18-12)21-10-7-14-13(21)8-11-22(14)17(23)15-4-3-9-20(15)2/h3-6,9,13-14H,7-8,10-11H2,1-2H3/t13-,14+/m1/s1. The van der Waals surface area contributed by atoms with Crippen LogP contribution in [0.25, 0.3) is 0 Å². The first-order valence-electron chi connectivity index (χ1n) is 8.14. The van der Waals surface area contributed by atoms with Crippen LogP contribution in [0.3, 0.4) is 0 Å². The molecule has 0 saturated carbocycles. The summed E-state index contributed by atoms with van der Waals surface area (Å²) in [6, 6.07) is 8.48. The summed E-state index contributed by atoms with van der Waals surface area (Å²) in [6.07, 6.45) is 3.91. The quantitative estimate of drug-likeness (QED) is 0.846. The Labute approximate surface area is 135 Å². The Morgan fingerprint density at radius 3 is 2.65 bits per heavy atom. The minimum Gasteiger partial charge on any atom is -0.350 e. The van der Waals surface area contributed by atoms with Crippen molar-refractivity contribution in [2.75, 3.05) is 18.0 Å². The van der Waals surface area contributed by atoms with Crippen molar-refractivity contribution in [3.8, 4) is 0 Å². The summed E-state index contributed by atoms with van der Waals surface area (Å²) in [5, 5.41) is 8.49. The van der Waals surface area contributed by atoms with Crippen molar-refractivity contribution in [3.05, 3.63) is 41.9 Å². The average molecular weight is 311 g/mol. The minimum atomic E-state index is 0.141. The van der Waals surface area contributed by atoms with Crippen molar-refractivity contribution in [3.63, 3.8) is 0 Å². The number of aromatic nitrogens is 3. The second-order valence-electron chi connectivity index (χ2n) is 6.44. The van der Waals surface area contributed by atoms with Gasteiger partial charge in [0, 0.05) is 26.3 Å². The minimum absolute atomic E-state index is 0.141. The Kier molecular flexibility index (Phi) is 3.32. The number of hydrogen-bond donors (Lipinski definition) is 0. The number of carbonyl (C=O) groups is 1. The topological polar surface area (TPSA) is 54.3 Å². The molecule has 2 atom stereocenters. The molecule has 2 aromatic heterocycles. The van der Waals surface area contributed by atoms with Gasteiger partial charge >= 0.3 is 0 Å². The lowest BCUT2D eigenvalue weighted by Crippen LogP contribution is -2.40. The smallest absolute Gasteiger partial charge is 0.270 e. The molecule has 2 aliphatic heterocycles. The zero-order valence-electron chi connectivity index (χ0n) is 13.5. The van der Waals surface area contributed by atoms with Gasteiger partial charge in [-0.25, -0.2) is 0 Å². The number of rotatable bonds is 2. The van der Waals surface area contributed by atoms with E-state index >= 15 is 0 Å². The maximum absolute atomic E-state index is 12.8. The fourth-order valence-corrected chi connectivity index (χ4v) is 3.90. The zero-order valence-corrected chi connectivity index (χ0v) is 13.5. The molecule has 0 radical (unpaired) electrons. The number of carbonyl (C=O) groups excluding carboxylic acids is 1. The normalized spacial score (nSPS) is 23.4. The Morgan fingerprint density at radius 1 is 1.13 bits per heavy atom. The largest absolute Gasteiger partial charge is 0.350 e. The van der Waals surface area contributed by atoms with E-state index in [1.807, 2.05) is 53.9 Å². The van der Waals surface area contributed by atoms with Gasteiger partial charge in [-0.15, -0.1) is 5.10 Å². The zero-order chi connectivity index (χ0) is 16.0. The molecule has 120 valence electrons. The van der Waals surface area contributed by atoms with Crippen LogP contribution in [0.2, 0.25) is 0 Å². The molecule has 2 fully saturated rings. The third-order valence-corrected chi connectivity index (χ3v) is 5.08. The van der Waals surface area contributed by atoms with Crippen molar-refractivity contribution < 1.29 is 4.79 Å². The number of anilines is 1. The molecule has 0 bridgehead atoms. The molecular weight excluding hydrogens is 290 g/mol. The van der Waals surface area contributed by atoms with Crippen LogP contribution >= 0.6 is 0 Å². The fraction of sp³-hybridized carbons (Fsp3) is 0.471. The van der Waals surface area contributed by atoms with Gasteiger partial charge in [-0.05, 0) is 44.0 Å². The number of hydrogen-bond acceptors (Lipinski definition) is 4. The van der Waals surface area contributed by atoms with E-state index in [1.165, 1.54) is 0 Å². The van der Waals surface area contributed by atoms with Crippen LogP contribution in [0.1, 0.15) is 29.0 Å². The molecule has 4 heterocycles. The molecule has 0 unspecified atom stereocenters. The first kappa shape index (κ1) is 14.2. The Morgan fingerprint density at radius 2 is 1.96 bits per heavy atom. The number of amides is 1. The monoisotopic (exact) mass is 311 g/mol. The molecule has 2 aromatic rings.